The number of carbonyl (C=O) groups excluding carboxylic acids is 1. The van der Waals surface area contributed by atoms with Crippen molar-refractivity contribution in [3.05, 3.63) is 22.3 Å². The maximum Gasteiger partial charge on any atom is 0.309 e. The molecule has 5 heteroatoms. The fourth-order valence-electron chi connectivity index (χ4n) is 2.44. The quantitative estimate of drug-likeness (QED) is 0.759. The van der Waals surface area contributed by atoms with Crippen LogP contribution >= 0.6 is 15.9 Å². The Bertz CT molecular complexity index is 517. The van der Waals surface area contributed by atoms with E-state index in [-0.39, 0.29) is 11.9 Å². The number of anilines is 1. The van der Waals surface area contributed by atoms with Crippen molar-refractivity contribution in [1.29, 1.82) is 0 Å². The van der Waals surface area contributed by atoms with Crippen molar-refractivity contribution in [3.8, 4) is 0 Å². The number of nitrogens with zero attached hydrogens (tertiary/aromatic N) is 2. The fourth-order valence-corrected chi connectivity index (χ4v) is 2.66. The number of hydrogen-bond donors (Lipinski definition) is 0. The normalized spacial score (nSPS) is 16.9. The SMILES string of the molecule is Cc1nc(N2CCC(C(=O)OC(C)(C)C)CC2)ccc1Br. The van der Waals surface area contributed by atoms with Crippen LogP contribution in [0.3, 0.4) is 0 Å². The first-order valence-electron chi connectivity index (χ1n) is 7.37. The molecule has 1 saturated heterocycles. The molecule has 0 aromatic carbocycles. The molecule has 116 valence electrons. The first kappa shape index (κ1) is 16.3. The number of carbonyl (C=O) groups is 1. The Hall–Kier alpha value is -1.10. The number of aryl methyl sites for hydroxylation is 1. The van der Waals surface area contributed by atoms with Gasteiger partial charge in [-0.1, -0.05) is 0 Å². The number of rotatable bonds is 2. The van der Waals surface area contributed by atoms with Crippen LogP contribution in [0.25, 0.3) is 0 Å². The highest BCUT2D eigenvalue weighted by Gasteiger charge is 2.29. The van der Waals surface area contributed by atoms with Gasteiger partial charge in [0, 0.05) is 17.6 Å². The van der Waals surface area contributed by atoms with Crippen molar-refractivity contribution in [3.63, 3.8) is 0 Å². The summed E-state index contributed by atoms with van der Waals surface area (Å²) in [6.07, 6.45) is 1.65. The maximum atomic E-state index is 12.1. The average Bonchev–Trinajstić information content (AvgIpc) is 2.40. The minimum atomic E-state index is -0.404. The van der Waals surface area contributed by atoms with Gasteiger partial charge in [-0.3, -0.25) is 4.79 Å². The van der Waals surface area contributed by atoms with Crippen LogP contribution in [0.4, 0.5) is 5.82 Å². The number of piperidine rings is 1. The van der Waals surface area contributed by atoms with E-state index in [2.05, 4.69) is 25.8 Å². The molecule has 1 aliphatic rings. The molecule has 0 atom stereocenters. The standard InChI is InChI=1S/C16H23BrN2O2/c1-11-13(17)5-6-14(18-11)19-9-7-12(8-10-19)15(20)21-16(2,3)4/h5-6,12H,7-10H2,1-4H3. The van der Waals surface area contributed by atoms with E-state index in [9.17, 15) is 4.79 Å². The third kappa shape index (κ3) is 4.43. The summed E-state index contributed by atoms with van der Waals surface area (Å²) in [7, 11) is 0. The summed E-state index contributed by atoms with van der Waals surface area (Å²) in [5, 5.41) is 0. The number of pyridine rings is 1. The van der Waals surface area contributed by atoms with Gasteiger partial charge in [0.2, 0.25) is 0 Å². The van der Waals surface area contributed by atoms with Crippen molar-refractivity contribution in [2.75, 3.05) is 18.0 Å². The molecule has 0 radical (unpaired) electrons. The number of ether oxygens (including phenoxy) is 1. The summed E-state index contributed by atoms with van der Waals surface area (Å²) < 4.78 is 6.50. The van der Waals surface area contributed by atoms with E-state index < -0.39 is 5.60 Å². The van der Waals surface area contributed by atoms with E-state index in [0.717, 1.165) is 41.9 Å². The predicted molar refractivity (Wildman–Crippen MR) is 87.5 cm³/mol. The van der Waals surface area contributed by atoms with E-state index in [0.29, 0.717) is 0 Å². The highest BCUT2D eigenvalue weighted by atomic mass is 79.9. The molecule has 1 aliphatic heterocycles. The molecule has 0 N–H and O–H groups in total. The van der Waals surface area contributed by atoms with Crippen molar-refractivity contribution in [2.45, 2.75) is 46.1 Å². The lowest BCUT2D eigenvalue weighted by atomic mass is 9.96. The Labute approximate surface area is 135 Å². The molecule has 0 spiro atoms. The predicted octanol–water partition coefficient (Wildman–Crippen LogP) is 3.71. The van der Waals surface area contributed by atoms with Crippen LogP contribution in [0.1, 0.15) is 39.3 Å². The molecule has 0 amide bonds. The van der Waals surface area contributed by atoms with Crippen molar-refractivity contribution in [1.82, 2.24) is 4.98 Å². The zero-order valence-electron chi connectivity index (χ0n) is 13.1. The minimum Gasteiger partial charge on any atom is -0.460 e. The number of aromatic nitrogens is 1. The summed E-state index contributed by atoms with van der Waals surface area (Å²) >= 11 is 3.47. The summed E-state index contributed by atoms with van der Waals surface area (Å²) in [4.78, 5) is 18.9. The van der Waals surface area contributed by atoms with Gasteiger partial charge >= 0.3 is 5.97 Å². The molecule has 1 aromatic rings. The molecule has 2 heterocycles. The Balaban J connectivity index is 1.94. The van der Waals surface area contributed by atoms with Crippen LogP contribution in [0.2, 0.25) is 0 Å². The van der Waals surface area contributed by atoms with Crippen LogP contribution in [0.5, 0.6) is 0 Å². The maximum absolute atomic E-state index is 12.1. The molecule has 0 aliphatic carbocycles. The van der Waals surface area contributed by atoms with Gasteiger partial charge in [-0.2, -0.15) is 0 Å². The van der Waals surface area contributed by atoms with Crippen molar-refractivity contribution < 1.29 is 9.53 Å². The van der Waals surface area contributed by atoms with Gasteiger partial charge in [-0.25, -0.2) is 4.98 Å². The van der Waals surface area contributed by atoms with Gasteiger partial charge in [0.1, 0.15) is 11.4 Å². The van der Waals surface area contributed by atoms with Crippen LogP contribution < -0.4 is 4.90 Å². The molecule has 0 bridgehead atoms. The zero-order chi connectivity index (χ0) is 15.6. The minimum absolute atomic E-state index is 0.0111. The monoisotopic (exact) mass is 354 g/mol. The summed E-state index contributed by atoms with van der Waals surface area (Å²) in [6.45, 7) is 9.41. The average molecular weight is 355 g/mol. The lowest BCUT2D eigenvalue weighted by Crippen LogP contribution is -2.39. The first-order valence-corrected chi connectivity index (χ1v) is 8.16. The smallest absolute Gasteiger partial charge is 0.309 e. The summed E-state index contributed by atoms with van der Waals surface area (Å²) in [5.74, 6) is 0.928. The molecule has 0 saturated carbocycles. The molecule has 0 unspecified atom stereocenters. The second-order valence-corrected chi connectivity index (χ2v) is 7.39. The molecule has 1 fully saturated rings. The Morgan fingerprint density at radius 2 is 1.95 bits per heavy atom. The van der Waals surface area contributed by atoms with Crippen LogP contribution in [-0.2, 0) is 9.53 Å². The highest BCUT2D eigenvalue weighted by Crippen LogP contribution is 2.26. The van der Waals surface area contributed by atoms with Crippen molar-refractivity contribution in [2.24, 2.45) is 5.92 Å². The molecule has 2 rings (SSSR count). The largest absolute Gasteiger partial charge is 0.460 e. The second kappa shape index (κ2) is 6.34. The van der Waals surface area contributed by atoms with Gasteiger partial charge in [-0.15, -0.1) is 0 Å². The van der Waals surface area contributed by atoms with Gasteiger partial charge in [0.25, 0.3) is 0 Å². The van der Waals surface area contributed by atoms with E-state index in [4.69, 9.17) is 4.74 Å². The van der Waals surface area contributed by atoms with Crippen LogP contribution in [0.15, 0.2) is 16.6 Å². The second-order valence-electron chi connectivity index (χ2n) is 6.53. The zero-order valence-corrected chi connectivity index (χ0v) is 14.7. The Morgan fingerprint density at radius 1 is 1.33 bits per heavy atom. The van der Waals surface area contributed by atoms with E-state index in [1.54, 1.807) is 0 Å². The third-order valence-corrected chi connectivity index (χ3v) is 4.40. The van der Waals surface area contributed by atoms with Gasteiger partial charge < -0.3 is 9.64 Å². The molecule has 1 aromatic heterocycles. The molecular formula is C16H23BrN2O2. The van der Waals surface area contributed by atoms with Gasteiger partial charge in [0.15, 0.2) is 0 Å². The van der Waals surface area contributed by atoms with Crippen LogP contribution in [0, 0.1) is 12.8 Å². The summed E-state index contributed by atoms with van der Waals surface area (Å²) in [5.41, 5.74) is 0.584. The van der Waals surface area contributed by atoms with Gasteiger partial charge in [-0.05, 0) is 68.6 Å². The molecular weight excluding hydrogens is 332 g/mol. The summed E-state index contributed by atoms with van der Waals surface area (Å²) in [6, 6.07) is 4.04. The number of halogens is 1. The topological polar surface area (TPSA) is 42.4 Å². The van der Waals surface area contributed by atoms with Gasteiger partial charge in [0.05, 0.1) is 11.6 Å². The number of esters is 1. The lowest BCUT2D eigenvalue weighted by molar-refractivity contribution is -0.160. The first-order chi connectivity index (χ1) is 9.76. The van der Waals surface area contributed by atoms with E-state index in [1.165, 1.54) is 0 Å². The van der Waals surface area contributed by atoms with E-state index in [1.807, 2.05) is 39.8 Å². The molecule has 21 heavy (non-hydrogen) atoms. The lowest BCUT2D eigenvalue weighted by Gasteiger charge is -2.33. The Morgan fingerprint density at radius 3 is 2.48 bits per heavy atom. The van der Waals surface area contributed by atoms with E-state index >= 15 is 0 Å². The third-order valence-electron chi connectivity index (χ3n) is 3.57. The Kier molecular flexibility index (Phi) is 4.91. The highest BCUT2D eigenvalue weighted by molar-refractivity contribution is 9.10. The number of hydrogen-bond acceptors (Lipinski definition) is 4. The van der Waals surface area contributed by atoms with Crippen molar-refractivity contribution >= 4 is 27.7 Å². The molecule has 4 nitrogen and oxygen atoms in total. The van der Waals surface area contributed by atoms with Crippen LogP contribution in [-0.4, -0.2) is 29.6 Å². The fraction of sp³-hybridized carbons (Fsp3) is 0.625.